The van der Waals surface area contributed by atoms with Crippen molar-refractivity contribution < 1.29 is 166 Å². The second kappa shape index (κ2) is 67.5. The lowest BCUT2D eigenvalue weighted by Crippen LogP contribution is -2.60. The molecule has 22 atom stereocenters. The summed E-state index contributed by atoms with van der Waals surface area (Å²) < 4.78 is 61.8. The third kappa shape index (κ3) is 45.2. The van der Waals surface area contributed by atoms with Gasteiger partial charge in [0.25, 0.3) is 17.7 Å². The van der Waals surface area contributed by atoms with Crippen LogP contribution >= 0.6 is 0 Å². The zero-order chi connectivity index (χ0) is 106. The molecule has 0 saturated carbocycles. The number of urea groups is 1. The molecular weight excluding hydrogens is 1870 g/mol. The van der Waals surface area contributed by atoms with Gasteiger partial charge < -0.3 is 161 Å². The van der Waals surface area contributed by atoms with Gasteiger partial charge in [0.2, 0.25) is 47.5 Å². The molecular formula is C96H160N12O34. The number of anilines is 1. The van der Waals surface area contributed by atoms with Crippen LogP contribution < -0.4 is 43.0 Å². The maximum Gasteiger partial charge on any atom is 0.411 e. The fourth-order valence-electron chi connectivity index (χ4n) is 15.8. The smallest absolute Gasteiger partial charge is 0.411 e. The average molecular weight is 2030 g/mol. The number of unbranched alkanes of at least 4 members (excludes halogenated alkanes) is 2. The van der Waals surface area contributed by atoms with Crippen molar-refractivity contribution in [2.75, 3.05) is 172 Å². The van der Waals surface area contributed by atoms with Crippen LogP contribution in [0.15, 0.2) is 66.7 Å². The number of primary amides is 1. The van der Waals surface area contributed by atoms with Crippen molar-refractivity contribution in [1.29, 1.82) is 0 Å². The quantitative estimate of drug-likeness (QED) is 0.0254. The van der Waals surface area contributed by atoms with Gasteiger partial charge in [-0.05, 0) is 86.8 Å². The Morgan fingerprint density at radius 3 is 1.53 bits per heavy atom. The molecule has 10 unspecified atom stereocenters. The molecule has 0 radical (unpaired) electrons. The van der Waals surface area contributed by atoms with Gasteiger partial charge in [-0.15, -0.1) is 0 Å². The van der Waals surface area contributed by atoms with Gasteiger partial charge in [-0.3, -0.25) is 57.7 Å². The van der Waals surface area contributed by atoms with Crippen LogP contribution in [0.3, 0.4) is 0 Å². The predicted octanol–water partition coefficient (Wildman–Crippen LogP) is -1.89. The molecule has 1 saturated heterocycles. The van der Waals surface area contributed by atoms with Crippen LogP contribution in [0.5, 0.6) is 0 Å². The van der Waals surface area contributed by atoms with Crippen molar-refractivity contribution in [3.8, 4) is 0 Å². The van der Waals surface area contributed by atoms with Gasteiger partial charge in [0.1, 0.15) is 73.0 Å². The van der Waals surface area contributed by atoms with E-state index in [1.54, 1.807) is 91.6 Å². The molecule has 0 aromatic heterocycles. The Balaban J connectivity index is 1.53. The molecule has 20 N–H and O–H groups in total. The van der Waals surface area contributed by atoms with Gasteiger partial charge in [0, 0.05) is 84.3 Å². The molecule has 2 aromatic rings. The number of amides is 13. The molecule has 1 fully saturated rings. The highest BCUT2D eigenvalue weighted by molar-refractivity contribution is 6.13. The molecule has 2 aliphatic rings. The van der Waals surface area contributed by atoms with Crippen LogP contribution in [0.25, 0.3) is 0 Å². The number of imide groups is 1. The predicted molar refractivity (Wildman–Crippen MR) is 513 cm³/mol. The van der Waals surface area contributed by atoms with Gasteiger partial charge in [-0.25, -0.2) is 9.59 Å². The summed E-state index contributed by atoms with van der Waals surface area (Å²) in [6.07, 6.45) is -11.5. The second-order valence-corrected chi connectivity index (χ2v) is 37.0. The lowest BCUT2D eigenvalue weighted by atomic mass is 9.89. The highest BCUT2D eigenvalue weighted by Crippen LogP contribution is 2.32. The third-order valence-corrected chi connectivity index (χ3v) is 23.9. The van der Waals surface area contributed by atoms with E-state index in [2.05, 4.69) is 37.2 Å². The molecule has 142 heavy (non-hydrogen) atoms. The van der Waals surface area contributed by atoms with Gasteiger partial charge in [0.05, 0.1) is 167 Å². The molecule has 0 bridgehead atoms. The maximum absolute atomic E-state index is 15.2. The standard InChI is InChI=1S/C96H160N12O34/c1-15-60(8)85(77(132-13)38-81(122)107-37-23-27-76(107)87(133-14)61(9)89(124)100-62(10)86(123)63-24-18-16-19-25-63)105(11)94(129)83(58(4)5)104-92(127)84(59(6)7)106(12)96(131)142-88(64-29-31-65(32-30-64)101-90(125)75(26-22-35-98-95(97)130)102-91(126)82(57(2)3)103-78(119)28-20-17-21-36-108-79(120)33-34-80(108)121)93(128)99-39-66(111)42-134-45-69(114)48-137-50-72(117)52-140-56-74(55-139-51-71(116)47-136-44-68(113)41-110)141-54-73(118)53-138-49-70(115)46-135-43-67(112)40-109/h16,18-19,24-25,29-34,57-62,66-77,82-88,109-118,123H,15,17,20-23,26-28,35-56H2,1-14H3,(H,99,128)(H,100,124)(H,101,125)(H,102,126)(H,103,119)(H,104,127)(H3,97,98,130)/t60-,61+,62+,66?,67?,68?,69?,70?,71?,72?,73?,74?,75-,76-,77+,82-,83-,84-,85-,86+,87+,88?/m0/s1. The van der Waals surface area contributed by atoms with E-state index in [1.165, 1.54) is 62.6 Å². The van der Waals surface area contributed by atoms with Gasteiger partial charge in [-0.2, -0.15) is 0 Å². The number of carbonyl (C=O) groups is 12. The number of ether oxygens (including phenoxy) is 11. The zero-order valence-corrected chi connectivity index (χ0v) is 84.4. The Hall–Kier alpha value is -9.22. The van der Waals surface area contributed by atoms with Crippen LogP contribution in [0, 0.1) is 29.6 Å². The summed E-state index contributed by atoms with van der Waals surface area (Å²) in [5, 5.41) is 131. The fraction of sp³-hybridized carbons (Fsp3) is 0.729. The van der Waals surface area contributed by atoms with E-state index in [9.17, 15) is 93.9 Å². The van der Waals surface area contributed by atoms with E-state index < -0.39 is 244 Å². The van der Waals surface area contributed by atoms with Gasteiger partial charge in [-0.1, -0.05) is 118 Å². The number of nitrogens with two attached hydrogens (primary N) is 1. The summed E-state index contributed by atoms with van der Waals surface area (Å²) in [6, 6.07) is 6.32. The minimum Gasteiger partial charge on any atom is -0.431 e. The first-order valence-corrected chi connectivity index (χ1v) is 48.5. The summed E-state index contributed by atoms with van der Waals surface area (Å²) in [7, 11) is 5.72. The van der Waals surface area contributed by atoms with Gasteiger partial charge in [0.15, 0.2) is 0 Å². The van der Waals surface area contributed by atoms with Crippen molar-refractivity contribution in [3.05, 3.63) is 77.9 Å². The summed E-state index contributed by atoms with van der Waals surface area (Å²) in [5.74, 6) is -8.79. The molecule has 46 heteroatoms. The maximum atomic E-state index is 15.2. The van der Waals surface area contributed by atoms with Crippen LogP contribution in [0.4, 0.5) is 15.3 Å². The van der Waals surface area contributed by atoms with Crippen LogP contribution in [-0.4, -0.2) is 423 Å². The number of aliphatic hydroxyl groups is 11. The number of rotatable bonds is 74. The molecule has 13 amide bonds. The van der Waals surface area contributed by atoms with E-state index in [0.717, 1.165) is 9.80 Å². The summed E-state index contributed by atoms with van der Waals surface area (Å²) in [6.45, 7) is 11.5. The number of nitrogens with one attached hydrogen (secondary N) is 7. The van der Waals surface area contributed by atoms with Crippen molar-refractivity contribution in [2.45, 2.75) is 255 Å². The van der Waals surface area contributed by atoms with E-state index in [1.807, 2.05) is 19.9 Å². The van der Waals surface area contributed by atoms with Crippen molar-refractivity contribution in [3.63, 3.8) is 0 Å². The largest absolute Gasteiger partial charge is 0.431 e. The van der Waals surface area contributed by atoms with Crippen LogP contribution in [0.2, 0.25) is 0 Å². The van der Waals surface area contributed by atoms with Crippen molar-refractivity contribution in [1.82, 2.24) is 51.5 Å². The van der Waals surface area contributed by atoms with E-state index >= 15 is 9.59 Å². The Morgan fingerprint density at radius 1 is 0.521 bits per heavy atom. The summed E-state index contributed by atoms with van der Waals surface area (Å²) in [5.41, 5.74) is 5.99. The topological polar surface area (TPSA) is 652 Å². The first-order valence-electron chi connectivity index (χ1n) is 48.5. The lowest BCUT2D eigenvalue weighted by Gasteiger charge is -2.41. The average Bonchev–Trinajstić information content (AvgIpc) is 1.53. The molecule has 808 valence electrons. The van der Waals surface area contributed by atoms with Crippen LogP contribution in [-0.2, 0) is 100 Å². The molecule has 0 aliphatic carbocycles. The number of hydrogen-bond donors (Lipinski definition) is 19. The number of benzene rings is 2. The fourth-order valence-corrected chi connectivity index (χ4v) is 15.8. The molecule has 2 aromatic carbocycles. The molecule has 2 heterocycles. The van der Waals surface area contributed by atoms with Crippen LogP contribution in [0.1, 0.15) is 157 Å². The normalized spacial score (nSPS) is 17.8. The molecule has 4 rings (SSSR count). The SMILES string of the molecule is CC[C@H](C)[C@@H]([C@@H](CC(=O)N1CCC[C@H]1[C@H](OC)[C@@H](C)C(=O)N[C@H](C)[C@@H](O)c1ccccc1)OC)N(C)C(=O)[C@@H](NC(=O)[C@H](C(C)C)N(C)C(=O)OC(C(=O)NCC(O)COCC(O)COCC(O)COCC(COCC(O)COCC(O)CO)OCC(O)COCC(O)COCC(O)CO)c1ccc(NC(=O)[C@H](CCCNC(N)=O)NC(=O)[C@@H](NC(=O)CCCCCN2C(=O)C=CC2=O)C(C)C)cc1)C(C)C. The van der Waals surface area contributed by atoms with Crippen molar-refractivity contribution >= 4 is 76.9 Å². The summed E-state index contributed by atoms with van der Waals surface area (Å²) in [4.78, 5) is 171. The number of hydrogen-bond acceptors (Lipinski definition) is 34. The molecule has 2 aliphatic heterocycles. The molecule has 46 nitrogen and oxygen atoms in total. The van der Waals surface area contributed by atoms with E-state index in [-0.39, 0.29) is 147 Å². The Bertz CT molecular complexity index is 4080. The minimum atomic E-state index is -1.91. The number of nitrogens with zero attached hydrogens (tertiary/aromatic N) is 4. The third-order valence-electron chi connectivity index (χ3n) is 23.9. The van der Waals surface area contributed by atoms with E-state index in [4.69, 9.17) is 68.1 Å². The first-order chi connectivity index (χ1) is 67.4. The lowest BCUT2D eigenvalue weighted by molar-refractivity contribution is -0.148. The van der Waals surface area contributed by atoms with E-state index in [0.29, 0.717) is 50.6 Å². The highest BCUT2D eigenvalue weighted by Gasteiger charge is 2.45. The Kier molecular flexibility index (Phi) is 59.4. The summed E-state index contributed by atoms with van der Waals surface area (Å²) >= 11 is 0. The Morgan fingerprint density at radius 2 is 1.04 bits per heavy atom. The monoisotopic (exact) mass is 2030 g/mol. The number of carbonyl (C=O) groups excluding carboxylic acids is 12. The zero-order valence-electron chi connectivity index (χ0n) is 84.4. The molecule has 0 spiro atoms. The number of aliphatic hydroxyl groups excluding tert-OH is 11. The second-order valence-electron chi connectivity index (χ2n) is 37.0. The Labute approximate surface area is 831 Å². The number of methoxy groups -OCH3 is 2. The van der Waals surface area contributed by atoms with Gasteiger partial charge >= 0.3 is 12.1 Å². The number of likely N-dealkylation sites (tertiary alicyclic amines) is 1. The minimum absolute atomic E-state index is 0.00519. The first kappa shape index (κ1) is 125. The number of likely N-dealkylation sites (N-methyl/N-ethyl adjacent to an activating group) is 2. The highest BCUT2D eigenvalue weighted by atomic mass is 16.6. The van der Waals surface area contributed by atoms with Crippen molar-refractivity contribution in [2.24, 2.45) is 35.3 Å².